The number of carbonyl (C=O) groups is 1. The molecular formula is C14H15F5N2O2. The van der Waals surface area contributed by atoms with Crippen molar-refractivity contribution < 1.29 is 31.5 Å². The van der Waals surface area contributed by atoms with Crippen molar-refractivity contribution in [1.29, 1.82) is 0 Å². The number of likely N-dealkylation sites (N-methyl/N-ethyl adjacent to an activating group) is 1. The van der Waals surface area contributed by atoms with Gasteiger partial charge in [0.15, 0.2) is 0 Å². The summed E-state index contributed by atoms with van der Waals surface area (Å²) >= 11 is 0. The predicted octanol–water partition coefficient (Wildman–Crippen LogP) is 2.54. The fraction of sp³-hybridized carbons (Fsp3) is 0.500. The number of amides is 1. The Morgan fingerprint density at radius 1 is 1.39 bits per heavy atom. The molecule has 2 rings (SSSR count). The van der Waals surface area contributed by atoms with Crippen LogP contribution in [0.25, 0.3) is 0 Å². The number of hydrogen-bond donors (Lipinski definition) is 1. The van der Waals surface area contributed by atoms with Gasteiger partial charge < -0.3 is 9.64 Å². The first-order valence-electron chi connectivity index (χ1n) is 6.77. The van der Waals surface area contributed by atoms with E-state index in [0.29, 0.717) is 0 Å². The third-order valence-electron chi connectivity index (χ3n) is 3.39. The minimum absolute atomic E-state index is 0.130. The van der Waals surface area contributed by atoms with Gasteiger partial charge in [-0.05, 0) is 6.07 Å². The van der Waals surface area contributed by atoms with Crippen molar-refractivity contribution in [3.8, 4) is 5.75 Å². The van der Waals surface area contributed by atoms with Gasteiger partial charge in [0.2, 0.25) is 5.91 Å². The van der Waals surface area contributed by atoms with Crippen molar-refractivity contribution in [3.05, 3.63) is 29.8 Å². The lowest BCUT2D eigenvalue weighted by molar-refractivity contribution is -0.275. The monoisotopic (exact) mass is 338 g/mol. The molecule has 0 saturated carbocycles. The Morgan fingerprint density at radius 3 is 2.61 bits per heavy atom. The van der Waals surface area contributed by atoms with Crippen LogP contribution < -0.4 is 10.1 Å². The Labute approximate surface area is 129 Å². The van der Waals surface area contributed by atoms with E-state index in [0.717, 1.165) is 11.0 Å². The van der Waals surface area contributed by atoms with Gasteiger partial charge in [-0.3, -0.25) is 10.1 Å². The summed E-state index contributed by atoms with van der Waals surface area (Å²) in [7, 11) is 1.34. The van der Waals surface area contributed by atoms with E-state index in [2.05, 4.69) is 10.1 Å². The standard InChI is InChI=1S/C14H15F5N2O2/c1-21(12(22)10-6-13(15,16)8-20-10)7-9-4-2-3-5-11(9)23-14(17,18)19/h2-5,10,20H,6-8H2,1H3. The van der Waals surface area contributed by atoms with E-state index in [1.54, 1.807) is 0 Å². The van der Waals surface area contributed by atoms with Crippen molar-refractivity contribution in [1.82, 2.24) is 10.2 Å². The SMILES string of the molecule is CN(Cc1ccccc1OC(F)(F)F)C(=O)C1CC(F)(F)CN1. The van der Waals surface area contributed by atoms with Crippen LogP contribution in [-0.2, 0) is 11.3 Å². The van der Waals surface area contributed by atoms with Gasteiger partial charge in [0.1, 0.15) is 5.75 Å². The van der Waals surface area contributed by atoms with E-state index in [1.165, 1.54) is 25.2 Å². The van der Waals surface area contributed by atoms with Crippen LogP contribution in [0.3, 0.4) is 0 Å². The lowest BCUT2D eigenvalue weighted by Gasteiger charge is -2.22. The molecule has 1 fully saturated rings. The summed E-state index contributed by atoms with van der Waals surface area (Å²) in [6.07, 6.45) is -5.48. The molecule has 0 spiro atoms. The van der Waals surface area contributed by atoms with E-state index in [4.69, 9.17) is 0 Å². The summed E-state index contributed by atoms with van der Waals surface area (Å²) in [6, 6.07) is 4.32. The first-order chi connectivity index (χ1) is 10.6. The molecule has 1 aliphatic rings. The number of carbonyl (C=O) groups excluding carboxylic acids is 1. The molecule has 1 aliphatic heterocycles. The van der Waals surface area contributed by atoms with Crippen molar-refractivity contribution in [2.45, 2.75) is 31.3 Å². The number of nitrogens with one attached hydrogen (secondary N) is 1. The van der Waals surface area contributed by atoms with E-state index in [-0.39, 0.29) is 12.1 Å². The van der Waals surface area contributed by atoms with Gasteiger partial charge in [0.05, 0.1) is 12.6 Å². The minimum atomic E-state index is -4.85. The highest BCUT2D eigenvalue weighted by Gasteiger charge is 2.43. The minimum Gasteiger partial charge on any atom is -0.405 e. The van der Waals surface area contributed by atoms with Crippen LogP contribution in [0.5, 0.6) is 5.75 Å². The van der Waals surface area contributed by atoms with Crippen LogP contribution in [-0.4, -0.2) is 42.7 Å². The molecule has 23 heavy (non-hydrogen) atoms. The topological polar surface area (TPSA) is 41.6 Å². The summed E-state index contributed by atoms with van der Waals surface area (Å²) in [5, 5.41) is 2.41. The van der Waals surface area contributed by atoms with Crippen molar-refractivity contribution in [2.75, 3.05) is 13.6 Å². The number of benzene rings is 1. The van der Waals surface area contributed by atoms with Gasteiger partial charge >= 0.3 is 6.36 Å². The number of alkyl halides is 5. The first-order valence-corrected chi connectivity index (χ1v) is 6.77. The van der Waals surface area contributed by atoms with Crippen molar-refractivity contribution >= 4 is 5.91 Å². The number of hydrogen-bond acceptors (Lipinski definition) is 3. The maximum absolute atomic E-state index is 13.1. The summed E-state index contributed by atoms with van der Waals surface area (Å²) in [6.45, 7) is -0.778. The number of ether oxygens (including phenoxy) is 1. The van der Waals surface area contributed by atoms with E-state index >= 15 is 0 Å². The number of rotatable bonds is 4. The fourth-order valence-corrected chi connectivity index (χ4v) is 2.35. The molecule has 1 atom stereocenters. The fourth-order valence-electron chi connectivity index (χ4n) is 2.35. The summed E-state index contributed by atoms with van der Waals surface area (Å²) in [5.41, 5.74) is 0.130. The van der Waals surface area contributed by atoms with Gasteiger partial charge in [-0.25, -0.2) is 8.78 Å². The zero-order valence-electron chi connectivity index (χ0n) is 12.2. The van der Waals surface area contributed by atoms with Gasteiger partial charge in [0.25, 0.3) is 5.92 Å². The van der Waals surface area contributed by atoms with Crippen LogP contribution in [0.15, 0.2) is 24.3 Å². The largest absolute Gasteiger partial charge is 0.573 e. The van der Waals surface area contributed by atoms with Crippen LogP contribution in [0.4, 0.5) is 22.0 Å². The Bertz CT molecular complexity index is 577. The van der Waals surface area contributed by atoms with Crippen molar-refractivity contribution in [3.63, 3.8) is 0 Å². The molecule has 9 heteroatoms. The normalized spacial score (nSPS) is 20.3. The molecule has 0 bridgehead atoms. The quantitative estimate of drug-likeness (QED) is 0.858. The Kier molecular flexibility index (Phi) is 4.79. The molecule has 1 aromatic carbocycles. The molecule has 1 N–H and O–H groups in total. The number of halogens is 5. The number of nitrogens with zero attached hydrogens (tertiary/aromatic N) is 1. The molecule has 1 amide bonds. The molecule has 0 radical (unpaired) electrons. The number of para-hydroxylation sites is 1. The first kappa shape index (κ1) is 17.5. The second-order valence-electron chi connectivity index (χ2n) is 5.34. The third kappa shape index (κ3) is 4.78. The highest BCUT2D eigenvalue weighted by atomic mass is 19.4. The molecule has 1 saturated heterocycles. The maximum Gasteiger partial charge on any atom is 0.573 e. The molecule has 0 aliphatic carbocycles. The second-order valence-corrected chi connectivity index (χ2v) is 5.34. The molecule has 1 heterocycles. The summed E-state index contributed by atoms with van der Waals surface area (Å²) < 4.78 is 67.2. The summed E-state index contributed by atoms with van der Waals surface area (Å²) in [5.74, 6) is -3.99. The Balaban J connectivity index is 2.06. The average Bonchev–Trinajstić information content (AvgIpc) is 2.78. The van der Waals surface area contributed by atoms with Crippen LogP contribution in [0, 0.1) is 0 Å². The predicted molar refractivity (Wildman–Crippen MR) is 71.0 cm³/mol. The van der Waals surface area contributed by atoms with Crippen molar-refractivity contribution in [2.24, 2.45) is 0 Å². The van der Waals surface area contributed by atoms with Gasteiger partial charge in [-0.15, -0.1) is 13.2 Å². The van der Waals surface area contributed by atoms with Gasteiger partial charge in [-0.1, -0.05) is 18.2 Å². The van der Waals surface area contributed by atoms with Gasteiger partial charge in [0, 0.05) is 25.6 Å². The summed E-state index contributed by atoms with van der Waals surface area (Å²) in [4.78, 5) is 13.2. The molecule has 1 aromatic rings. The zero-order valence-corrected chi connectivity index (χ0v) is 12.2. The smallest absolute Gasteiger partial charge is 0.405 e. The van der Waals surface area contributed by atoms with E-state index in [1.807, 2.05) is 0 Å². The highest BCUT2D eigenvalue weighted by molar-refractivity contribution is 5.82. The molecule has 0 aromatic heterocycles. The third-order valence-corrected chi connectivity index (χ3v) is 3.39. The van der Waals surface area contributed by atoms with Gasteiger partial charge in [-0.2, -0.15) is 0 Å². The Hall–Kier alpha value is -1.90. The molecule has 1 unspecified atom stereocenters. The lowest BCUT2D eigenvalue weighted by atomic mass is 10.1. The molecule has 128 valence electrons. The second kappa shape index (κ2) is 6.31. The maximum atomic E-state index is 13.1. The van der Waals surface area contributed by atoms with Crippen LogP contribution in [0.2, 0.25) is 0 Å². The van der Waals surface area contributed by atoms with Crippen LogP contribution in [0.1, 0.15) is 12.0 Å². The average molecular weight is 338 g/mol. The van der Waals surface area contributed by atoms with E-state index < -0.39 is 42.9 Å². The van der Waals surface area contributed by atoms with Crippen LogP contribution >= 0.6 is 0 Å². The molecular weight excluding hydrogens is 323 g/mol. The molecule has 4 nitrogen and oxygen atoms in total. The van der Waals surface area contributed by atoms with E-state index in [9.17, 15) is 26.7 Å². The lowest BCUT2D eigenvalue weighted by Crippen LogP contribution is -2.41. The zero-order chi connectivity index (χ0) is 17.3. The highest BCUT2D eigenvalue weighted by Crippen LogP contribution is 2.28. The Morgan fingerprint density at radius 2 is 2.04 bits per heavy atom.